The Morgan fingerprint density at radius 2 is 1.64 bits per heavy atom. The smallest absolute Gasteiger partial charge is 0.165 e. The highest BCUT2D eigenvalue weighted by atomic mass is 16.5. The Morgan fingerprint density at radius 3 is 2.39 bits per heavy atom. The molecule has 0 amide bonds. The molecule has 0 saturated heterocycles. The van der Waals surface area contributed by atoms with Gasteiger partial charge in [-0.15, -0.1) is 0 Å². The number of nitrogens with two attached hydrogens (primary N) is 1. The molecule has 4 aromatic rings. The number of nitrogen functional groups attached to an aromatic ring is 1. The molecule has 2 aromatic carbocycles. The van der Waals surface area contributed by atoms with Crippen LogP contribution in [0.1, 0.15) is 24.0 Å². The maximum atomic E-state index is 6.49. The molecule has 0 aliphatic heterocycles. The van der Waals surface area contributed by atoms with Gasteiger partial charge in [0.05, 0.1) is 37.8 Å². The molecule has 2 heterocycles. The van der Waals surface area contributed by atoms with Crippen molar-refractivity contribution >= 4 is 17.0 Å². The molecule has 0 unspecified atom stereocenters. The van der Waals surface area contributed by atoms with Crippen LogP contribution in [0.2, 0.25) is 0 Å². The van der Waals surface area contributed by atoms with Crippen LogP contribution in [0.4, 0.5) is 5.82 Å². The van der Waals surface area contributed by atoms with E-state index in [0.29, 0.717) is 43.0 Å². The second kappa shape index (κ2) is 8.24. The Balaban J connectivity index is 1.23. The molecular formula is C26H27N5O2. The molecule has 2 aromatic heterocycles. The first kappa shape index (κ1) is 20.3. The first-order valence-corrected chi connectivity index (χ1v) is 11.5. The molecule has 0 spiro atoms. The van der Waals surface area contributed by atoms with Crippen LogP contribution in [0.25, 0.3) is 11.2 Å². The molecule has 7 heteroatoms. The number of hydrogen-bond acceptors (Lipinski definition) is 6. The fraction of sp³-hybridized carbons (Fsp3) is 0.346. The number of nitrogens with zero attached hydrogens (tertiary/aromatic N) is 4. The third-order valence-electron chi connectivity index (χ3n) is 7.22. The summed E-state index contributed by atoms with van der Waals surface area (Å²) in [5, 5.41) is 0. The zero-order valence-electron chi connectivity index (χ0n) is 18.4. The van der Waals surface area contributed by atoms with Gasteiger partial charge in [0, 0.05) is 5.92 Å². The van der Waals surface area contributed by atoms with E-state index in [4.69, 9.17) is 15.2 Å². The zero-order chi connectivity index (χ0) is 22.3. The van der Waals surface area contributed by atoms with Gasteiger partial charge in [0.15, 0.2) is 11.5 Å². The van der Waals surface area contributed by atoms with E-state index in [2.05, 4.69) is 55.9 Å². The fourth-order valence-electron chi connectivity index (χ4n) is 5.49. The maximum absolute atomic E-state index is 6.49. The van der Waals surface area contributed by atoms with Gasteiger partial charge in [-0.05, 0) is 29.9 Å². The normalized spacial score (nSPS) is 25.9. The minimum Gasteiger partial charge on any atom is -0.382 e. The van der Waals surface area contributed by atoms with Gasteiger partial charge < -0.3 is 19.8 Å². The van der Waals surface area contributed by atoms with Crippen molar-refractivity contribution in [2.24, 2.45) is 11.8 Å². The van der Waals surface area contributed by atoms with E-state index < -0.39 is 0 Å². The topological polar surface area (TPSA) is 88.1 Å². The fourth-order valence-corrected chi connectivity index (χ4v) is 5.49. The second-order valence-electron chi connectivity index (χ2n) is 9.16. The quantitative estimate of drug-likeness (QED) is 0.446. The van der Waals surface area contributed by atoms with Crippen LogP contribution in [-0.2, 0) is 28.2 Å². The molecule has 2 fully saturated rings. The molecule has 0 bridgehead atoms. The van der Waals surface area contributed by atoms with Crippen LogP contribution in [-0.4, -0.2) is 32.2 Å². The van der Waals surface area contributed by atoms with Crippen LogP contribution in [0, 0.1) is 11.8 Å². The monoisotopic (exact) mass is 441 g/mol. The average molecular weight is 442 g/mol. The lowest BCUT2D eigenvalue weighted by atomic mass is 10.0. The van der Waals surface area contributed by atoms with Crippen molar-refractivity contribution < 1.29 is 9.47 Å². The minimum absolute atomic E-state index is 0.0440. The highest BCUT2D eigenvalue weighted by Crippen LogP contribution is 2.65. The van der Waals surface area contributed by atoms with Crippen LogP contribution < -0.4 is 5.73 Å². The SMILES string of the molecule is Nc1ncnc2c1ncn2[C@@]12C[C@H](OCc3ccccc3)[C@@H](COCc3ccccc3)[C@@H]1C2. The summed E-state index contributed by atoms with van der Waals surface area (Å²) in [6.45, 7) is 1.88. The summed E-state index contributed by atoms with van der Waals surface area (Å²) in [6.07, 6.45) is 5.49. The molecule has 6 rings (SSSR count). The van der Waals surface area contributed by atoms with Crippen LogP contribution in [0.3, 0.4) is 0 Å². The molecule has 2 saturated carbocycles. The molecule has 0 radical (unpaired) electrons. The summed E-state index contributed by atoms with van der Waals surface area (Å²) in [6, 6.07) is 20.7. The van der Waals surface area contributed by atoms with Crippen LogP contribution in [0.15, 0.2) is 73.3 Å². The van der Waals surface area contributed by atoms with E-state index in [-0.39, 0.29) is 11.6 Å². The predicted octanol–water partition coefficient (Wildman–Crippen LogP) is 3.95. The Bertz CT molecular complexity index is 1250. The molecule has 2 aliphatic carbocycles. The Morgan fingerprint density at radius 1 is 0.909 bits per heavy atom. The summed E-state index contributed by atoms with van der Waals surface area (Å²) < 4.78 is 14.9. The van der Waals surface area contributed by atoms with Crippen molar-refractivity contribution in [3.05, 3.63) is 84.4 Å². The van der Waals surface area contributed by atoms with Crippen molar-refractivity contribution in [3.8, 4) is 0 Å². The van der Waals surface area contributed by atoms with Gasteiger partial charge in [-0.2, -0.15) is 0 Å². The summed E-state index contributed by atoms with van der Waals surface area (Å²) in [4.78, 5) is 13.1. The molecule has 2 aliphatic rings. The predicted molar refractivity (Wildman–Crippen MR) is 125 cm³/mol. The number of benzene rings is 2. The van der Waals surface area contributed by atoms with Gasteiger partial charge in [0.25, 0.3) is 0 Å². The zero-order valence-corrected chi connectivity index (χ0v) is 18.4. The Hall–Kier alpha value is -3.29. The highest BCUT2D eigenvalue weighted by molar-refractivity contribution is 5.81. The number of imidazole rings is 1. The number of ether oxygens (including phenoxy) is 2. The third kappa shape index (κ3) is 3.67. The van der Waals surface area contributed by atoms with Gasteiger partial charge in [0.1, 0.15) is 11.8 Å². The first-order chi connectivity index (χ1) is 16.2. The molecule has 168 valence electrons. The van der Waals surface area contributed by atoms with Crippen molar-refractivity contribution in [2.75, 3.05) is 12.3 Å². The van der Waals surface area contributed by atoms with Crippen molar-refractivity contribution in [1.29, 1.82) is 0 Å². The molecular weight excluding hydrogens is 414 g/mol. The van der Waals surface area contributed by atoms with E-state index in [9.17, 15) is 0 Å². The van der Waals surface area contributed by atoms with E-state index in [1.807, 2.05) is 30.6 Å². The number of aromatic nitrogens is 4. The molecule has 2 N–H and O–H groups in total. The van der Waals surface area contributed by atoms with Crippen molar-refractivity contribution in [3.63, 3.8) is 0 Å². The van der Waals surface area contributed by atoms with E-state index >= 15 is 0 Å². The van der Waals surface area contributed by atoms with E-state index in [0.717, 1.165) is 18.5 Å². The minimum atomic E-state index is -0.0440. The van der Waals surface area contributed by atoms with Gasteiger partial charge in [-0.3, -0.25) is 0 Å². The Labute approximate surface area is 192 Å². The van der Waals surface area contributed by atoms with Crippen LogP contribution >= 0.6 is 0 Å². The van der Waals surface area contributed by atoms with Crippen molar-refractivity contribution in [2.45, 2.75) is 37.7 Å². The van der Waals surface area contributed by atoms with Gasteiger partial charge >= 0.3 is 0 Å². The largest absolute Gasteiger partial charge is 0.382 e. The lowest BCUT2D eigenvalue weighted by molar-refractivity contribution is -0.0307. The maximum Gasteiger partial charge on any atom is 0.165 e. The van der Waals surface area contributed by atoms with Crippen LogP contribution in [0.5, 0.6) is 0 Å². The van der Waals surface area contributed by atoms with Gasteiger partial charge in [-0.25, -0.2) is 15.0 Å². The van der Waals surface area contributed by atoms with Gasteiger partial charge in [0.2, 0.25) is 0 Å². The van der Waals surface area contributed by atoms with Gasteiger partial charge in [-0.1, -0.05) is 60.7 Å². The summed E-state index contributed by atoms with van der Waals surface area (Å²) in [5.74, 6) is 1.20. The standard InChI is InChI=1S/C26H27N5O2/c27-24-23-25(29-16-28-24)31(17-30-23)26-11-21(26)20(15-32-13-18-7-3-1-4-8-18)22(12-26)33-14-19-9-5-2-6-10-19/h1-10,16-17,20-22H,11-15H2,(H2,27,28,29)/t20-,21-,22-,26-/m0/s1. The molecule has 4 atom stereocenters. The summed E-state index contributed by atoms with van der Waals surface area (Å²) in [7, 11) is 0. The molecule has 7 nitrogen and oxygen atoms in total. The highest BCUT2D eigenvalue weighted by Gasteiger charge is 2.67. The van der Waals surface area contributed by atoms with Crippen molar-refractivity contribution in [1.82, 2.24) is 19.5 Å². The second-order valence-corrected chi connectivity index (χ2v) is 9.16. The van der Waals surface area contributed by atoms with E-state index in [1.54, 1.807) is 0 Å². The number of rotatable bonds is 8. The number of hydrogen-bond donors (Lipinski definition) is 1. The average Bonchev–Trinajstić information content (AvgIpc) is 3.24. The molecule has 33 heavy (non-hydrogen) atoms. The third-order valence-corrected chi connectivity index (χ3v) is 7.22. The lowest BCUT2D eigenvalue weighted by Crippen LogP contribution is -2.26. The summed E-state index contributed by atoms with van der Waals surface area (Å²) in [5.41, 5.74) is 9.84. The number of anilines is 1. The van der Waals surface area contributed by atoms with E-state index in [1.165, 1.54) is 17.5 Å². The Kier molecular flexibility index (Phi) is 5.08. The number of fused-ring (bicyclic) bond motifs is 2. The summed E-state index contributed by atoms with van der Waals surface area (Å²) >= 11 is 0. The lowest BCUT2D eigenvalue weighted by Gasteiger charge is -2.24. The first-order valence-electron chi connectivity index (χ1n) is 11.5.